The number of nitrogens with zero attached hydrogens (tertiary/aromatic N) is 1. The van der Waals surface area contributed by atoms with E-state index in [1.165, 1.54) is 22.3 Å². The number of rotatable bonds is 4. The zero-order chi connectivity index (χ0) is 17.8. The second-order valence-corrected chi connectivity index (χ2v) is 7.34. The van der Waals surface area contributed by atoms with Crippen molar-refractivity contribution in [2.45, 2.75) is 26.2 Å². The number of hydrogen-bond donors (Lipinski definition) is 1. The quantitative estimate of drug-likeness (QED) is 0.829. The van der Waals surface area contributed by atoms with E-state index < -0.39 is 0 Å². The van der Waals surface area contributed by atoms with Crippen molar-refractivity contribution in [2.75, 3.05) is 12.4 Å². The maximum atomic E-state index is 12.3. The summed E-state index contributed by atoms with van der Waals surface area (Å²) in [5.41, 5.74) is 2.58. The largest absolute Gasteiger partial charge is 0.496 e. The summed E-state index contributed by atoms with van der Waals surface area (Å²) in [6.07, 6.45) is 6.19. The van der Waals surface area contributed by atoms with Crippen molar-refractivity contribution in [3.63, 3.8) is 0 Å². The van der Waals surface area contributed by atoms with Crippen LogP contribution < -0.4 is 10.1 Å². The standard InChI is InChI=1S/C20H20N2O2S/c1-13-7-9-15-16(12-21)20(25-18(15)11-13)22-19(23)10-8-14-5-3-4-6-17(14)24-2/h3-6,8,10,13H,7,9,11H2,1-2H3,(H,22,23). The molecule has 3 rings (SSSR count). The lowest BCUT2D eigenvalue weighted by atomic mass is 9.89. The summed E-state index contributed by atoms with van der Waals surface area (Å²) in [6.45, 7) is 2.23. The molecule has 2 aromatic rings. The lowest BCUT2D eigenvalue weighted by Crippen LogP contribution is -2.10. The Hall–Kier alpha value is -2.58. The van der Waals surface area contributed by atoms with Crippen molar-refractivity contribution in [1.82, 2.24) is 0 Å². The van der Waals surface area contributed by atoms with Gasteiger partial charge in [0, 0.05) is 16.5 Å². The van der Waals surface area contributed by atoms with Gasteiger partial charge in [-0.3, -0.25) is 4.79 Å². The Labute approximate surface area is 151 Å². The molecule has 1 N–H and O–H groups in total. The molecule has 1 aliphatic carbocycles. The number of amides is 1. The van der Waals surface area contributed by atoms with E-state index >= 15 is 0 Å². The molecule has 4 nitrogen and oxygen atoms in total. The van der Waals surface area contributed by atoms with Crippen LogP contribution >= 0.6 is 11.3 Å². The topological polar surface area (TPSA) is 62.1 Å². The van der Waals surface area contributed by atoms with E-state index in [0.29, 0.717) is 22.2 Å². The van der Waals surface area contributed by atoms with Crippen LogP contribution in [0.2, 0.25) is 0 Å². The molecule has 0 aliphatic heterocycles. The summed E-state index contributed by atoms with van der Waals surface area (Å²) in [6, 6.07) is 9.77. The lowest BCUT2D eigenvalue weighted by Gasteiger charge is -2.17. The van der Waals surface area contributed by atoms with Crippen LogP contribution in [-0.2, 0) is 17.6 Å². The van der Waals surface area contributed by atoms with Gasteiger partial charge in [-0.25, -0.2) is 0 Å². The van der Waals surface area contributed by atoms with Gasteiger partial charge in [-0.15, -0.1) is 11.3 Å². The molecule has 0 radical (unpaired) electrons. The Morgan fingerprint density at radius 3 is 3.00 bits per heavy atom. The Kier molecular flexibility index (Phi) is 5.20. The first-order valence-corrected chi connectivity index (χ1v) is 9.10. The van der Waals surface area contributed by atoms with E-state index in [1.807, 2.05) is 24.3 Å². The Bertz CT molecular complexity index is 861. The minimum absolute atomic E-state index is 0.242. The minimum atomic E-state index is -0.242. The number of carbonyl (C=O) groups is 1. The van der Waals surface area contributed by atoms with Crippen LogP contribution in [0.5, 0.6) is 5.75 Å². The van der Waals surface area contributed by atoms with Crippen LogP contribution in [0, 0.1) is 17.2 Å². The highest BCUT2D eigenvalue weighted by molar-refractivity contribution is 7.16. The first kappa shape index (κ1) is 17.2. The SMILES string of the molecule is COc1ccccc1C=CC(=O)Nc1sc2c(c1C#N)CCC(C)C2. The van der Waals surface area contributed by atoms with Gasteiger partial charge in [0.2, 0.25) is 5.91 Å². The molecule has 0 fully saturated rings. The molecule has 1 atom stereocenters. The molecular formula is C20H20N2O2S. The van der Waals surface area contributed by atoms with Crippen molar-refractivity contribution in [3.05, 3.63) is 51.9 Å². The second kappa shape index (κ2) is 7.54. The molecule has 1 amide bonds. The van der Waals surface area contributed by atoms with Crippen LogP contribution in [0.15, 0.2) is 30.3 Å². The van der Waals surface area contributed by atoms with Gasteiger partial charge in [0.1, 0.15) is 16.8 Å². The molecule has 25 heavy (non-hydrogen) atoms. The molecule has 0 saturated heterocycles. The molecule has 1 aromatic heterocycles. The average molecular weight is 352 g/mol. The summed E-state index contributed by atoms with van der Waals surface area (Å²) in [5, 5.41) is 13.0. The minimum Gasteiger partial charge on any atom is -0.496 e. The number of ether oxygens (including phenoxy) is 1. The Balaban J connectivity index is 1.78. The van der Waals surface area contributed by atoms with Gasteiger partial charge < -0.3 is 10.1 Å². The van der Waals surface area contributed by atoms with Crippen LogP contribution in [0.25, 0.3) is 6.08 Å². The maximum Gasteiger partial charge on any atom is 0.249 e. The number of thiophene rings is 1. The van der Waals surface area contributed by atoms with Gasteiger partial charge >= 0.3 is 0 Å². The van der Waals surface area contributed by atoms with E-state index in [4.69, 9.17) is 4.74 Å². The first-order chi connectivity index (χ1) is 12.1. The predicted octanol–water partition coefficient (Wildman–Crippen LogP) is 4.41. The highest BCUT2D eigenvalue weighted by Gasteiger charge is 2.24. The van der Waals surface area contributed by atoms with Crippen molar-refractivity contribution in [1.29, 1.82) is 5.26 Å². The third-order valence-electron chi connectivity index (χ3n) is 4.41. The summed E-state index contributed by atoms with van der Waals surface area (Å²) >= 11 is 1.53. The number of fused-ring (bicyclic) bond motifs is 1. The Morgan fingerprint density at radius 1 is 1.44 bits per heavy atom. The average Bonchev–Trinajstić information content (AvgIpc) is 2.95. The number of anilines is 1. The molecule has 1 unspecified atom stereocenters. The van der Waals surface area contributed by atoms with Crippen molar-refractivity contribution >= 4 is 28.3 Å². The summed E-state index contributed by atoms with van der Waals surface area (Å²) < 4.78 is 5.27. The molecule has 1 heterocycles. The molecule has 0 saturated carbocycles. The van der Waals surface area contributed by atoms with Crippen molar-refractivity contribution < 1.29 is 9.53 Å². The molecular weight excluding hydrogens is 332 g/mol. The Morgan fingerprint density at radius 2 is 2.24 bits per heavy atom. The number of benzene rings is 1. The van der Waals surface area contributed by atoms with E-state index in [0.717, 1.165) is 30.4 Å². The smallest absolute Gasteiger partial charge is 0.249 e. The molecule has 128 valence electrons. The highest BCUT2D eigenvalue weighted by Crippen LogP contribution is 2.39. The van der Waals surface area contributed by atoms with Crippen LogP contribution in [0.1, 0.15) is 34.9 Å². The van der Waals surface area contributed by atoms with Gasteiger partial charge in [-0.2, -0.15) is 5.26 Å². The van der Waals surface area contributed by atoms with Crippen LogP contribution in [-0.4, -0.2) is 13.0 Å². The molecule has 0 spiro atoms. The first-order valence-electron chi connectivity index (χ1n) is 8.29. The number of para-hydroxylation sites is 1. The van der Waals surface area contributed by atoms with E-state index in [-0.39, 0.29) is 5.91 Å². The van der Waals surface area contributed by atoms with Gasteiger partial charge in [-0.1, -0.05) is 25.1 Å². The second-order valence-electron chi connectivity index (χ2n) is 6.23. The number of nitrogens with one attached hydrogen (secondary N) is 1. The fourth-order valence-electron chi connectivity index (χ4n) is 3.08. The fourth-order valence-corrected chi connectivity index (χ4v) is 4.44. The molecule has 1 aromatic carbocycles. The maximum absolute atomic E-state index is 12.3. The zero-order valence-electron chi connectivity index (χ0n) is 14.3. The van der Waals surface area contributed by atoms with Gasteiger partial charge in [0.25, 0.3) is 0 Å². The normalized spacial score (nSPS) is 16.3. The lowest BCUT2D eigenvalue weighted by molar-refractivity contribution is -0.111. The third-order valence-corrected chi connectivity index (χ3v) is 5.58. The fraction of sp³-hybridized carbons (Fsp3) is 0.300. The number of methoxy groups -OCH3 is 1. The monoisotopic (exact) mass is 352 g/mol. The summed E-state index contributed by atoms with van der Waals surface area (Å²) in [7, 11) is 1.60. The van der Waals surface area contributed by atoms with Gasteiger partial charge in [0.15, 0.2) is 0 Å². The van der Waals surface area contributed by atoms with Crippen LogP contribution in [0.4, 0.5) is 5.00 Å². The molecule has 1 aliphatic rings. The molecule has 5 heteroatoms. The van der Waals surface area contributed by atoms with E-state index in [1.54, 1.807) is 13.2 Å². The zero-order valence-corrected chi connectivity index (χ0v) is 15.2. The summed E-state index contributed by atoms with van der Waals surface area (Å²) in [4.78, 5) is 13.5. The van der Waals surface area contributed by atoms with Crippen LogP contribution in [0.3, 0.4) is 0 Å². The molecule has 0 bridgehead atoms. The summed E-state index contributed by atoms with van der Waals surface area (Å²) in [5.74, 6) is 1.10. The van der Waals surface area contributed by atoms with E-state index in [9.17, 15) is 10.1 Å². The number of hydrogen-bond acceptors (Lipinski definition) is 4. The van der Waals surface area contributed by atoms with E-state index in [2.05, 4.69) is 18.3 Å². The van der Waals surface area contributed by atoms with Gasteiger partial charge in [0.05, 0.1) is 12.7 Å². The number of carbonyl (C=O) groups excluding carboxylic acids is 1. The predicted molar refractivity (Wildman–Crippen MR) is 101 cm³/mol. The third kappa shape index (κ3) is 3.75. The van der Waals surface area contributed by atoms with Crippen molar-refractivity contribution in [3.8, 4) is 11.8 Å². The highest BCUT2D eigenvalue weighted by atomic mass is 32.1. The van der Waals surface area contributed by atoms with Crippen molar-refractivity contribution in [2.24, 2.45) is 5.92 Å². The van der Waals surface area contributed by atoms with Gasteiger partial charge in [-0.05, 0) is 42.9 Å². The number of nitriles is 1.